The number of anilines is 1. The van der Waals surface area contributed by atoms with Crippen molar-refractivity contribution in [3.8, 4) is 0 Å². The molecule has 0 amide bonds. The number of rotatable bonds is 4. The first-order chi connectivity index (χ1) is 9.01. The van der Waals surface area contributed by atoms with Gasteiger partial charge in [-0.15, -0.1) is 0 Å². The quantitative estimate of drug-likeness (QED) is 0.571. The molecule has 7 heteroatoms. The second kappa shape index (κ2) is 5.33. The molecule has 0 aliphatic carbocycles. The Kier molecular flexibility index (Phi) is 3.77. The lowest BCUT2D eigenvalue weighted by Gasteiger charge is -2.15. The normalized spacial score (nSPS) is 12.6. The summed E-state index contributed by atoms with van der Waals surface area (Å²) in [4.78, 5) is 0. The van der Waals surface area contributed by atoms with Crippen LogP contribution in [-0.4, -0.2) is 9.78 Å². The fourth-order valence-corrected chi connectivity index (χ4v) is 1.96. The first-order valence-electron chi connectivity index (χ1n) is 5.69. The van der Waals surface area contributed by atoms with Crippen molar-refractivity contribution < 1.29 is 8.78 Å². The fraction of sp³-hybridized carbons (Fsp3) is 0.250. The number of nitrogens with two attached hydrogens (primary N) is 2. The van der Waals surface area contributed by atoms with Crippen LogP contribution in [0.15, 0.2) is 24.4 Å². The maximum absolute atomic E-state index is 13.1. The van der Waals surface area contributed by atoms with Gasteiger partial charge in [-0.25, -0.2) is 8.78 Å². The third kappa shape index (κ3) is 2.88. The summed E-state index contributed by atoms with van der Waals surface area (Å²) in [6.45, 7) is 0. The average molecular weight is 267 g/mol. The molecular formula is C12H15F2N5. The van der Waals surface area contributed by atoms with Gasteiger partial charge in [0.1, 0.15) is 17.5 Å². The van der Waals surface area contributed by atoms with Gasteiger partial charge < -0.3 is 5.73 Å². The Hall–Kier alpha value is -1.99. The van der Waals surface area contributed by atoms with Crippen LogP contribution in [0, 0.1) is 11.6 Å². The predicted octanol–water partition coefficient (Wildman–Crippen LogP) is 1.03. The molecule has 2 aromatic rings. The van der Waals surface area contributed by atoms with Crippen LogP contribution in [0.3, 0.4) is 0 Å². The smallest absolute Gasteiger partial charge is 0.126 e. The molecule has 1 atom stereocenters. The number of nitrogens with zero attached hydrogens (tertiary/aromatic N) is 2. The van der Waals surface area contributed by atoms with Crippen LogP contribution in [0.25, 0.3) is 0 Å². The van der Waals surface area contributed by atoms with Gasteiger partial charge in [0.15, 0.2) is 0 Å². The Morgan fingerprint density at radius 1 is 1.32 bits per heavy atom. The van der Waals surface area contributed by atoms with Crippen molar-refractivity contribution >= 4 is 5.82 Å². The molecule has 1 heterocycles. The van der Waals surface area contributed by atoms with Crippen molar-refractivity contribution in [2.75, 3.05) is 5.73 Å². The summed E-state index contributed by atoms with van der Waals surface area (Å²) in [5.41, 5.74) is 9.61. The van der Waals surface area contributed by atoms with Gasteiger partial charge in [0.05, 0.1) is 12.2 Å². The van der Waals surface area contributed by atoms with Crippen LogP contribution in [0.4, 0.5) is 14.6 Å². The molecule has 1 aromatic heterocycles. The van der Waals surface area contributed by atoms with Crippen LogP contribution in [0.1, 0.15) is 17.2 Å². The van der Waals surface area contributed by atoms with E-state index in [0.29, 0.717) is 23.4 Å². The van der Waals surface area contributed by atoms with Gasteiger partial charge in [-0.2, -0.15) is 5.10 Å². The largest absolute Gasteiger partial charge is 0.384 e. The van der Waals surface area contributed by atoms with Gasteiger partial charge in [-0.3, -0.25) is 16.0 Å². The first-order valence-corrected chi connectivity index (χ1v) is 5.69. The van der Waals surface area contributed by atoms with Crippen molar-refractivity contribution in [1.82, 2.24) is 15.2 Å². The Morgan fingerprint density at radius 3 is 2.42 bits per heavy atom. The number of hydrazine groups is 1. The number of hydrogen-bond acceptors (Lipinski definition) is 4. The van der Waals surface area contributed by atoms with Crippen LogP contribution in [0.5, 0.6) is 0 Å². The van der Waals surface area contributed by atoms with E-state index in [1.807, 2.05) is 0 Å². The summed E-state index contributed by atoms with van der Waals surface area (Å²) < 4.78 is 27.8. The molecule has 19 heavy (non-hydrogen) atoms. The number of halogens is 2. The van der Waals surface area contributed by atoms with Gasteiger partial charge >= 0.3 is 0 Å². The second-order valence-corrected chi connectivity index (χ2v) is 4.31. The van der Waals surface area contributed by atoms with Gasteiger partial charge in [0.2, 0.25) is 0 Å². The zero-order valence-corrected chi connectivity index (χ0v) is 10.4. The summed E-state index contributed by atoms with van der Waals surface area (Å²) >= 11 is 0. The van der Waals surface area contributed by atoms with E-state index in [-0.39, 0.29) is 6.04 Å². The van der Waals surface area contributed by atoms with Crippen LogP contribution in [-0.2, 0) is 13.5 Å². The zero-order chi connectivity index (χ0) is 14.0. The average Bonchev–Trinajstić information content (AvgIpc) is 2.66. The lowest BCUT2D eigenvalue weighted by atomic mass is 10.0. The number of nitrogen functional groups attached to an aromatic ring is 1. The summed E-state index contributed by atoms with van der Waals surface area (Å²) in [5, 5.41) is 4.01. The standard InChI is InChI=1S/C12H15F2N5/c1-19-12(15)10(6-17-19)11(18-16)4-7-2-8(13)5-9(14)3-7/h2-3,5-6,11,18H,4,15-16H2,1H3. The fourth-order valence-electron chi connectivity index (χ4n) is 1.96. The molecule has 0 spiro atoms. The lowest BCUT2D eigenvalue weighted by molar-refractivity contribution is 0.541. The third-order valence-electron chi connectivity index (χ3n) is 2.95. The molecule has 0 fully saturated rings. The maximum atomic E-state index is 13.1. The van der Waals surface area contributed by atoms with Crippen molar-refractivity contribution in [2.24, 2.45) is 12.9 Å². The highest BCUT2D eigenvalue weighted by molar-refractivity contribution is 5.41. The van der Waals surface area contributed by atoms with E-state index in [9.17, 15) is 8.78 Å². The van der Waals surface area contributed by atoms with E-state index in [1.165, 1.54) is 16.8 Å². The molecule has 0 radical (unpaired) electrons. The Bertz CT molecular complexity index is 561. The minimum atomic E-state index is -0.620. The Morgan fingerprint density at radius 2 is 1.95 bits per heavy atom. The topological polar surface area (TPSA) is 81.9 Å². The molecule has 0 aliphatic heterocycles. The Balaban J connectivity index is 2.26. The molecule has 2 rings (SSSR count). The van der Waals surface area contributed by atoms with Gasteiger partial charge in [0.25, 0.3) is 0 Å². The summed E-state index contributed by atoms with van der Waals surface area (Å²) in [7, 11) is 1.70. The third-order valence-corrected chi connectivity index (χ3v) is 2.95. The van der Waals surface area contributed by atoms with E-state index in [1.54, 1.807) is 13.2 Å². The minimum Gasteiger partial charge on any atom is -0.384 e. The SMILES string of the molecule is Cn1ncc(C(Cc2cc(F)cc(F)c2)NN)c1N. The van der Waals surface area contributed by atoms with Gasteiger partial charge in [-0.1, -0.05) is 0 Å². The van der Waals surface area contributed by atoms with Crippen LogP contribution >= 0.6 is 0 Å². The number of nitrogens with one attached hydrogen (secondary N) is 1. The lowest BCUT2D eigenvalue weighted by Crippen LogP contribution is -2.30. The summed E-state index contributed by atoms with van der Waals surface area (Å²) in [6.07, 6.45) is 1.89. The minimum absolute atomic E-state index is 0.307. The molecule has 5 nitrogen and oxygen atoms in total. The molecule has 102 valence electrons. The molecule has 1 aromatic carbocycles. The summed E-state index contributed by atoms with van der Waals surface area (Å²) in [5.74, 6) is 4.69. The molecule has 0 aliphatic rings. The van der Waals surface area contributed by atoms with Crippen molar-refractivity contribution in [2.45, 2.75) is 12.5 Å². The van der Waals surface area contributed by atoms with E-state index in [0.717, 1.165) is 6.07 Å². The van der Waals surface area contributed by atoms with Crippen LogP contribution < -0.4 is 17.0 Å². The number of hydrogen-bond donors (Lipinski definition) is 3. The van der Waals surface area contributed by atoms with E-state index < -0.39 is 11.6 Å². The zero-order valence-electron chi connectivity index (χ0n) is 10.4. The van der Waals surface area contributed by atoms with Crippen molar-refractivity contribution in [3.05, 3.63) is 47.2 Å². The van der Waals surface area contributed by atoms with E-state index >= 15 is 0 Å². The van der Waals surface area contributed by atoms with Crippen molar-refractivity contribution in [1.29, 1.82) is 0 Å². The number of aryl methyl sites for hydroxylation is 1. The first kappa shape index (κ1) is 13.4. The predicted molar refractivity (Wildman–Crippen MR) is 67.7 cm³/mol. The number of benzene rings is 1. The molecular weight excluding hydrogens is 252 g/mol. The number of aromatic nitrogens is 2. The van der Waals surface area contributed by atoms with Crippen molar-refractivity contribution in [3.63, 3.8) is 0 Å². The second-order valence-electron chi connectivity index (χ2n) is 4.31. The highest BCUT2D eigenvalue weighted by Gasteiger charge is 2.17. The molecule has 0 bridgehead atoms. The Labute approximate surface area is 109 Å². The molecule has 1 unspecified atom stereocenters. The maximum Gasteiger partial charge on any atom is 0.126 e. The molecule has 0 saturated heterocycles. The van der Waals surface area contributed by atoms with Gasteiger partial charge in [-0.05, 0) is 24.1 Å². The highest BCUT2D eigenvalue weighted by Crippen LogP contribution is 2.23. The van der Waals surface area contributed by atoms with E-state index in [2.05, 4.69) is 10.5 Å². The monoisotopic (exact) mass is 267 g/mol. The molecule has 0 saturated carbocycles. The van der Waals surface area contributed by atoms with Gasteiger partial charge in [0, 0.05) is 18.7 Å². The van der Waals surface area contributed by atoms with E-state index in [4.69, 9.17) is 11.6 Å². The van der Waals surface area contributed by atoms with Crippen LogP contribution in [0.2, 0.25) is 0 Å². The highest BCUT2D eigenvalue weighted by atomic mass is 19.1. The summed E-state index contributed by atoms with van der Waals surface area (Å²) in [6, 6.07) is 2.99. The molecule has 5 N–H and O–H groups in total.